The number of unbranched alkanes of at least 4 members (excludes halogenated alkanes) is 1. The number of benzene rings is 1. The third-order valence-corrected chi connectivity index (χ3v) is 3.62. The van der Waals surface area contributed by atoms with E-state index in [0.29, 0.717) is 12.1 Å². The van der Waals surface area contributed by atoms with E-state index in [4.69, 9.17) is 10.5 Å². The quantitative estimate of drug-likeness (QED) is 0.148. The van der Waals surface area contributed by atoms with Crippen molar-refractivity contribution in [3.63, 3.8) is 0 Å². The van der Waals surface area contributed by atoms with Crippen molar-refractivity contribution < 1.29 is 14.3 Å². The number of rotatable bonds is 12. The summed E-state index contributed by atoms with van der Waals surface area (Å²) in [4.78, 5) is 27.1. The van der Waals surface area contributed by atoms with Gasteiger partial charge in [0.05, 0.1) is 13.1 Å². The molecule has 28 heavy (non-hydrogen) atoms. The summed E-state index contributed by atoms with van der Waals surface area (Å²) in [5, 5.41) is 8.97. The summed E-state index contributed by atoms with van der Waals surface area (Å²) in [5.41, 5.74) is 6.47. The molecule has 0 spiro atoms. The molecule has 158 valence electrons. The summed E-state index contributed by atoms with van der Waals surface area (Å²) in [6, 6.07) is 7.09. The molecule has 0 radical (unpaired) electrons. The summed E-state index contributed by atoms with van der Waals surface area (Å²) in [6.45, 7) is 7.49. The highest BCUT2D eigenvalue weighted by Crippen LogP contribution is 2.06. The summed E-state index contributed by atoms with van der Waals surface area (Å²) >= 11 is 0. The fourth-order valence-electron chi connectivity index (χ4n) is 2.22. The Labute approximate surface area is 184 Å². The third kappa shape index (κ3) is 11.8. The van der Waals surface area contributed by atoms with E-state index in [-0.39, 0.29) is 36.4 Å². The van der Waals surface area contributed by atoms with Crippen LogP contribution in [0, 0.1) is 0 Å². The molecular formula is C19H32IN5O3. The number of halogens is 1. The number of hydrogen-bond acceptors (Lipinski definition) is 4. The predicted molar refractivity (Wildman–Crippen MR) is 122 cm³/mol. The lowest BCUT2D eigenvalue weighted by Crippen LogP contribution is -2.37. The van der Waals surface area contributed by atoms with E-state index in [1.54, 1.807) is 12.1 Å². The maximum atomic E-state index is 11.8. The molecule has 0 atom stereocenters. The predicted octanol–water partition coefficient (Wildman–Crippen LogP) is 1.39. The van der Waals surface area contributed by atoms with Crippen LogP contribution in [-0.4, -0.2) is 50.6 Å². The molecule has 1 aromatic carbocycles. The zero-order valence-electron chi connectivity index (χ0n) is 16.6. The van der Waals surface area contributed by atoms with Crippen LogP contribution in [0.3, 0.4) is 0 Å². The summed E-state index contributed by atoms with van der Waals surface area (Å²) < 4.78 is 5.32. The fraction of sp³-hybridized carbons (Fsp3) is 0.526. The second-order valence-corrected chi connectivity index (χ2v) is 5.87. The number of primary amides is 1. The monoisotopic (exact) mass is 505 g/mol. The van der Waals surface area contributed by atoms with E-state index in [1.807, 2.05) is 26.0 Å². The van der Waals surface area contributed by atoms with Gasteiger partial charge in [0.25, 0.3) is 5.91 Å². The number of carbonyl (C=O) groups excluding carboxylic acids is 2. The van der Waals surface area contributed by atoms with Gasteiger partial charge < -0.3 is 26.4 Å². The molecule has 1 aromatic rings. The average molecular weight is 505 g/mol. The highest BCUT2D eigenvalue weighted by Gasteiger charge is 2.06. The summed E-state index contributed by atoms with van der Waals surface area (Å²) in [6.07, 6.45) is 2.03. The third-order valence-electron chi connectivity index (χ3n) is 3.62. The number of carbonyl (C=O) groups is 2. The summed E-state index contributed by atoms with van der Waals surface area (Å²) in [5.74, 6) is -0.140. The number of ether oxygens (including phenoxy) is 1. The van der Waals surface area contributed by atoms with E-state index in [2.05, 4.69) is 20.9 Å². The number of hydrogen-bond donors (Lipinski definition) is 4. The first kappa shape index (κ1) is 26.1. The van der Waals surface area contributed by atoms with Crippen LogP contribution in [0.25, 0.3) is 0 Å². The second kappa shape index (κ2) is 16.1. The Balaban J connectivity index is 0.00000729. The molecular weight excluding hydrogens is 473 g/mol. The molecule has 0 unspecified atom stereocenters. The topological polar surface area (TPSA) is 118 Å². The lowest BCUT2D eigenvalue weighted by Gasteiger charge is -2.11. The van der Waals surface area contributed by atoms with Gasteiger partial charge in [-0.1, -0.05) is 12.1 Å². The van der Waals surface area contributed by atoms with Crippen LogP contribution < -0.4 is 21.7 Å². The lowest BCUT2D eigenvalue weighted by molar-refractivity contribution is -0.117. The SMILES string of the molecule is CCNC(=NCc1ccc(C(=O)NCC(N)=O)cc1)NCCCCOCC.I. The molecule has 0 saturated carbocycles. The van der Waals surface area contributed by atoms with Gasteiger partial charge in [-0.15, -0.1) is 24.0 Å². The molecule has 0 aromatic heterocycles. The minimum Gasteiger partial charge on any atom is -0.382 e. The van der Waals surface area contributed by atoms with Gasteiger partial charge in [-0.2, -0.15) is 0 Å². The van der Waals surface area contributed by atoms with Crippen LogP contribution in [-0.2, 0) is 16.1 Å². The zero-order valence-corrected chi connectivity index (χ0v) is 19.0. The molecule has 0 aliphatic heterocycles. The van der Waals surface area contributed by atoms with Gasteiger partial charge in [0.1, 0.15) is 0 Å². The minimum atomic E-state index is -0.573. The largest absolute Gasteiger partial charge is 0.382 e. The van der Waals surface area contributed by atoms with Crippen LogP contribution in [0.4, 0.5) is 0 Å². The van der Waals surface area contributed by atoms with Crippen LogP contribution in [0.2, 0.25) is 0 Å². The lowest BCUT2D eigenvalue weighted by atomic mass is 10.1. The van der Waals surface area contributed by atoms with E-state index in [0.717, 1.165) is 50.7 Å². The number of aliphatic imine (C=N–C) groups is 1. The standard InChI is InChI=1S/C19H31N5O3.HI/c1-3-21-19(22-11-5-6-12-27-4-2)24-13-15-7-9-16(10-8-15)18(26)23-14-17(20)25;/h7-10H,3-6,11-14H2,1-2H3,(H2,20,25)(H,23,26)(H2,21,22,24);1H. The van der Waals surface area contributed by atoms with Crippen LogP contribution >= 0.6 is 24.0 Å². The molecule has 2 amide bonds. The van der Waals surface area contributed by atoms with Crippen molar-refractivity contribution in [3.05, 3.63) is 35.4 Å². The van der Waals surface area contributed by atoms with E-state index in [9.17, 15) is 9.59 Å². The van der Waals surface area contributed by atoms with Gasteiger partial charge in [0, 0.05) is 31.9 Å². The first-order chi connectivity index (χ1) is 13.1. The maximum Gasteiger partial charge on any atom is 0.251 e. The van der Waals surface area contributed by atoms with Crippen molar-refractivity contribution in [1.82, 2.24) is 16.0 Å². The number of amides is 2. The highest BCUT2D eigenvalue weighted by molar-refractivity contribution is 14.0. The van der Waals surface area contributed by atoms with E-state index in [1.165, 1.54) is 0 Å². The minimum absolute atomic E-state index is 0. The first-order valence-corrected chi connectivity index (χ1v) is 9.32. The van der Waals surface area contributed by atoms with E-state index >= 15 is 0 Å². The molecule has 5 N–H and O–H groups in total. The summed E-state index contributed by atoms with van der Waals surface area (Å²) in [7, 11) is 0. The van der Waals surface area contributed by atoms with Crippen LogP contribution in [0.5, 0.6) is 0 Å². The van der Waals surface area contributed by atoms with Gasteiger partial charge in [-0.25, -0.2) is 4.99 Å². The Morgan fingerprint density at radius 1 is 1.07 bits per heavy atom. The Kier molecular flexibility index (Phi) is 15.0. The molecule has 0 aliphatic carbocycles. The number of nitrogens with two attached hydrogens (primary N) is 1. The van der Waals surface area contributed by atoms with Crippen molar-refractivity contribution >= 4 is 41.8 Å². The Morgan fingerprint density at radius 2 is 1.79 bits per heavy atom. The Hall–Kier alpha value is -1.88. The Bertz CT molecular complexity index is 608. The zero-order chi connectivity index (χ0) is 19.9. The number of nitrogens with one attached hydrogen (secondary N) is 3. The van der Waals surface area contributed by atoms with Gasteiger partial charge in [-0.3, -0.25) is 9.59 Å². The van der Waals surface area contributed by atoms with Gasteiger partial charge in [0.2, 0.25) is 5.91 Å². The molecule has 9 heteroatoms. The van der Waals surface area contributed by atoms with Gasteiger partial charge in [-0.05, 0) is 44.4 Å². The van der Waals surface area contributed by atoms with Crippen LogP contribution in [0.15, 0.2) is 29.3 Å². The van der Waals surface area contributed by atoms with Gasteiger partial charge >= 0.3 is 0 Å². The van der Waals surface area contributed by atoms with Gasteiger partial charge in [0.15, 0.2) is 5.96 Å². The molecule has 0 fully saturated rings. The normalized spacial score (nSPS) is 10.7. The molecule has 1 rings (SSSR count). The smallest absolute Gasteiger partial charge is 0.251 e. The molecule has 8 nitrogen and oxygen atoms in total. The van der Waals surface area contributed by atoms with Crippen molar-refractivity contribution in [3.8, 4) is 0 Å². The molecule has 0 bridgehead atoms. The molecule has 0 heterocycles. The number of nitrogens with zero attached hydrogens (tertiary/aromatic N) is 1. The van der Waals surface area contributed by atoms with Crippen molar-refractivity contribution in [2.24, 2.45) is 10.7 Å². The van der Waals surface area contributed by atoms with Crippen molar-refractivity contribution in [2.75, 3.05) is 32.8 Å². The second-order valence-electron chi connectivity index (χ2n) is 5.87. The van der Waals surface area contributed by atoms with E-state index < -0.39 is 5.91 Å². The fourth-order valence-corrected chi connectivity index (χ4v) is 2.22. The Morgan fingerprint density at radius 3 is 2.39 bits per heavy atom. The van der Waals surface area contributed by atoms with Crippen LogP contribution in [0.1, 0.15) is 42.6 Å². The molecule has 0 saturated heterocycles. The number of guanidine groups is 1. The average Bonchev–Trinajstić information content (AvgIpc) is 2.67. The highest BCUT2D eigenvalue weighted by atomic mass is 127. The molecule has 0 aliphatic rings. The maximum absolute atomic E-state index is 11.8. The van der Waals surface area contributed by atoms with Crippen molar-refractivity contribution in [1.29, 1.82) is 0 Å². The van der Waals surface area contributed by atoms with Crippen molar-refractivity contribution in [2.45, 2.75) is 33.2 Å². The first-order valence-electron chi connectivity index (χ1n) is 9.32.